The van der Waals surface area contributed by atoms with Gasteiger partial charge in [0.15, 0.2) is 0 Å². The number of benzene rings is 1. The summed E-state index contributed by atoms with van der Waals surface area (Å²) >= 11 is 0. The van der Waals surface area contributed by atoms with Crippen molar-refractivity contribution in [2.24, 2.45) is 0 Å². The van der Waals surface area contributed by atoms with E-state index < -0.39 is 5.97 Å². The third kappa shape index (κ3) is 4.06. The zero-order valence-corrected chi connectivity index (χ0v) is 11.8. The summed E-state index contributed by atoms with van der Waals surface area (Å²) in [6.07, 6.45) is 0.435. The Morgan fingerprint density at radius 3 is 2.81 bits per heavy atom. The lowest BCUT2D eigenvalue weighted by Crippen LogP contribution is -2.27. The summed E-state index contributed by atoms with van der Waals surface area (Å²) in [6.45, 7) is 3.73. The molecule has 0 saturated heterocycles. The third-order valence-corrected chi connectivity index (χ3v) is 3.02. The second kappa shape index (κ2) is 6.90. The van der Waals surface area contributed by atoms with Crippen LogP contribution in [0.2, 0.25) is 0 Å². The fourth-order valence-corrected chi connectivity index (χ4v) is 2.03. The van der Waals surface area contributed by atoms with Gasteiger partial charge in [-0.05, 0) is 30.7 Å². The van der Waals surface area contributed by atoms with E-state index in [0.717, 1.165) is 10.9 Å². The van der Waals surface area contributed by atoms with Crippen molar-refractivity contribution in [3.63, 3.8) is 0 Å². The van der Waals surface area contributed by atoms with E-state index in [4.69, 9.17) is 9.52 Å². The number of fused-ring (bicyclic) bond motifs is 1. The number of amides is 1. The van der Waals surface area contributed by atoms with Crippen molar-refractivity contribution in [2.45, 2.75) is 19.9 Å². The second-order valence-corrected chi connectivity index (χ2v) is 4.67. The number of carbonyl (C=O) groups is 2. The van der Waals surface area contributed by atoms with Gasteiger partial charge >= 0.3 is 5.97 Å². The smallest absolute Gasteiger partial charge is 0.371 e. The minimum Gasteiger partial charge on any atom is -0.475 e. The fourth-order valence-electron chi connectivity index (χ4n) is 2.03. The Balaban J connectivity index is 1.90. The molecular formula is C15H18N2O4. The first-order valence-corrected chi connectivity index (χ1v) is 6.83. The van der Waals surface area contributed by atoms with E-state index in [0.29, 0.717) is 31.6 Å². The second-order valence-electron chi connectivity index (χ2n) is 4.67. The summed E-state index contributed by atoms with van der Waals surface area (Å²) in [6, 6.07) is 7.01. The highest BCUT2D eigenvalue weighted by Crippen LogP contribution is 2.20. The van der Waals surface area contributed by atoms with Crippen LogP contribution in [-0.2, 0) is 11.3 Å². The van der Waals surface area contributed by atoms with Crippen LogP contribution >= 0.6 is 0 Å². The number of hydrogen-bond donors (Lipinski definition) is 3. The van der Waals surface area contributed by atoms with Gasteiger partial charge in [-0.2, -0.15) is 0 Å². The average Bonchev–Trinajstić information content (AvgIpc) is 2.87. The molecule has 2 rings (SSSR count). The molecule has 2 aromatic rings. The SMILES string of the molecule is CCNC(=O)CCNCc1ccc2oc(C(=O)O)cc2c1. The lowest BCUT2D eigenvalue weighted by atomic mass is 10.1. The molecule has 0 unspecified atom stereocenters. The lowest BCUT2D eigenvalue weighted by molar-refractivity contribution is -0.120. The maximum Gasteiger partial charge on any atom is 0.371 e. The van der Waals surface area contributed by atoms with Crippen molar-refractivity contribution in [3.05, 3.63) is 35.6 Å². The minimum absolute atomic E-state index is 0.0291. The van der Waals surface area contributed by atoms with Crippen LogP contribution < -0.4 is 10.6 Å². The zero-order valence-electron chi connectivity index (χ0n) is 11.8. The Bertz CT molecular complexity index is 648. The quantitative estimate of drug-likeness (QED) is 0.676. The molecule has 1 heterocycles. The molecular weight excluding hydrogens is 272 g/mol. The van der Waals surface area contributed by atoms with Gasteiger partial charge in [-0.3, -0.25) is 4.79 Å². The van der Waals surface area contributed by atoms with Crippen molar-refractivity contribution in [1.82, 2.24) is 10.6 Å². The summed E-state index contributed by atoms with van der Waals surface area (Å²) in [5.41, 5.74) is 1.56. The Labute approximate surface area is 122 Å². The van der Waals surface area contributed by atoms with Gasteiger partial charge in [-0.1, -0.05) is 6.07 Å². The maximum atomic E-state index is 11.3. The van der Waals surface area contributed by atoms with Gasteiger partial charge in [0.2, 0.25) is 11.7 Å². The van der Waals surface area contributed by atoms with E-state index in [1.165, 1.54) is 6.07 Å². The van der Waals surface area contributed by atoms with Gasteiger partial charge in [0.25, 0.3) is 0 Å². The average molecular weight is 290 g/mol. The van der Waals surface area contributed by atoms with Crippen LogP contribution in [0.5, 0.6) is 0 Å². The molecule has 0 aliphatic carbocycles. The predicted octanol–water partition coefficient (Wildman–Crippen LogP) is 1.75. The molecule has 3 N–H and O–H groups in total. The topological polar surface area (TPSA) is 91.6 Å². The van der Waals surface area contributed by atoms with Crippen LogP contribution in [0, 0.1) is 0 Å². The van der Waals surface area contributed by atoms with Crippen LogP contribution in [0.1, 0.15) is 29.5 Å². The molecule has 0 atom stereocenters. The largest absolute Gasteiger partial charge is 0.475 e. The number of carboxylic acid groups (broad SMARTS) is 1. The fraction of sp³-hybridized carbons (Fsp3) is 0.333. The predicted molar refractivity (Wildman–Crippen MR) is 78.2 cm³/mol. The highest BCUT2D eigenvalue weighted by atomic mass is 16.4. The van der Waals surface area contributed by atoms with Crippen molar-refractivity contribution in [3.8, 4) is 0 Å². The number of furan rings is 1. The molecule has 0 aliphatic rings. The molecule has 6 nitrogen and oxygen atoms in total. The van der Waals surface area contributed by atoms with Gasteiger partial charge in [0, 0.05) is 31.4 Å². The molecule has 112 valence electrons. The highest BCUT2D eigenvalue weighted by molar-refractivity contribution is 5.91. The van der Waals surface area contributed by atoms with E-state index >= 15 is 0 Å². The van der Waals surface area contributed by atoms with Gasteiger partial charge in [0.1, 0.15) is 5.58 Å². The zero-order chi connectivity index (χ0) is 15.2. The first-order valence-electron chi connectivity index (χ1n) is 6.83. The minimum atomic E-state index is -1.08. The van der Waals surface area contributed by atoms with E-state index in [1.807, 2.05) is 19.1 Å². The van der Waals surface area contributed by atoms with Gasteiger partial charge in [0.05, 0.1) is 0 Å². The first kappa shape index (κ1) is 15.1. The Hall–Kier alpha value is -2.34. The molecule has 0 saturated carbocycles. The van der Waals surface area contributed by atoms with Crippen LogP contribution in [0.15, 0.2) is 28.7 Å². The molecule has 1 aromatic carbocycles. The molecule has 0 bridgehead atoms. The Kier molecular flexibility index (Phi) is 4.94. The highest BCUT2D eigenvalue weighted by Gasteiger charge is 2.10. The molecule has 0 aliphatic heterocycles. The van der Waals surface area contributed by atoms with Crippen LogP contribution in [0.25, 0.3) is 11.0 Å². The first-order chi connectivity index (χ1) is 10.1. The summed E-state index contributed by atoms with van der Waals surface area (Å²) in [4.78, 5) is 22.1. The summed E-state index contributed by atoms with van der Waals surface area (Å²) in [7, 11) is 0. The molecule has 0 spiro atoms. The van der Waals surface area contributed by atoms with Crippen LogP contribution in [0.3, 0.4) is 0 Å². The summed E-state index contributed by atoms with van der Waals surface area (Å²) in [5.74, 6) is -1.11. The van der Waals surface area contributed by atoms with Crippen molar-refractivity contribution >= 4 is 22.8 Å². The van der Waals surface area contributed by atoms with E-state index in [9.17, 15) is 9.59 Å². The number of rotatable bonds is 7. The van der Waals surface area contributed by atoms with Crippen molar-refractivity contribution in [1.29, 1.82) is 0 Å². The molecule has 6 heteroatoms. The number of carboxylic acids is 1. The maximum absolute atomic E-state index is 11.3. The van der Waals surface area contributed by atoms with Crippen LogP contribution in [0.4, 0.5) is 0 Å². The normalized spacial score (nSPS) is 10.7. The standard InChI is InChI=1S/C15H18N2O4/c1-2-17-14(18)5-6-16-9-10-3-4-12-11(7-10)8-13(21-12)15(19)20/h3-4,7-8,16H,2,5-6,9H2,1H3,(H,17,18)(H,19,20). The Morgan fingerprint density at radius 1 is 1.29 bits per heavy atom. The monoisotopic (exact) mass is 290 g/mol. The van der Waals surface area contributed by atoms with Gasteiger partial charge < -0.3 is 20.2 Å². The van der Waals surface area contributed by atoms with Gasteiger partial charge in [-0.25, -0.2) is 4.79 Å². The summed E-state index contributed by atoms with van der Waals surface area (Å²) < 4.78 is 5.20. The molecule has 1 aromatic heterocycles. The van der Waals surface area contributed by atoms with Crippen molar-refractivity contribution in [2.75, 3.05) is 13.1 Å². The molecule has 1 amide bonds. The molecule has 0 radical (unpaired) electrons. The summed E-state index contributed by atoms with van der Waals surface area (Å²) in [5, 5.41) is 15.6. The van der Waals surface area contributed by atoms with E-state index in [-0.39, 0.29) is 11.7 Å². The van der Waals surface area contributed by atoms with E-state index in [1.54, 1.807) is 6.07 Å². The number of nitrogens with one attached hydrogen (secondary N) is 2. The molecule has 0 fully saturated rings. The Morgan fingerprint density at radius 2 is 2.10 bits per heavy atom. The number of hydrogen-bond acceptors (Lipinski definition) is 4. The van der Waals surface area contributed by atoms with E-state index in [2.05, 4.69) is 10.6 Å². The van der Waals surface area contributed by atoms with Crippen LogP contribution in [-0.4, -0.2) is 30.1 Å². The number of aromatic carboxylic acids is 1. The third-order valence-electron chi connectivity index (χ3n) is 3.02. The number of carbonyl (C=O) groups excluding carboxylic acids is 1. The molecule has 21 heavy (non-hydrogen) atoms. The lowest BCUT2D eigenvalue weighted by Gasteiger charge is -2.05. The van der Waals surface area contributed by atoms with Gasteiger partial charge in [-0.15, -0.1) is 0 Å². The van der Waals surface area contributed by atoms with Crippen molar-refractivity contribution < 1.29 is 19.1 Å².